The molecular formula is C23H29Cl2N7O3. The lowest BCUT2D eigenvalue weighted by molar-refractivity contribution is -0.153. The van der Waals surface area contributed by atoms with E-state index in [1.165, 1.54) is 17.1 Å². The lowest BCUT2D eigenvalue weighted by atomic mass is 9.99. The van der Waals surface area contributed by atoms with Gasteiger partial charge < -0.3 is 10.1 Å². The van der Waals surface area contributed by atoms with E-state index in [1.807, 2.05) is 13.0 Å². The Labute approximate surface area is 213 Å². The zero-order chi connectivity index (χ0) is 26.1. The number of carbonyl (C=O) groups excluding carboxylic acids is 2. The van der Waals surface area contributed by atoms with Crippen LogP contribution in [0.3, 0.4) is 0 Å². The molecule has 3 rings (SSSR count). The van der Waals surface area contributed by atoms with E-state index in [-0.39, 0.29) is 22.8 Å². The first-order chi connectivity index (χ1) is 16.2. The molecule has 0 aliphatic carbocycles. The monoisotopic (exact) mass is 521 g/mol. The van der Waals surface area contributed by atoms with E-state index in [2.05, 4.69) is 34.7 Å². The van der Waals surface area contributed by atoms with Crippen molar-refractivity contribution in [1.29, 1.82) is 0 Å². The first-order valence-corrected chi connectivity index (χ1v) is 11.7. The number of nitrogens with zero attached hydrogens (tertiary/aromatic N) is 5. The van der Waals surface area contributed by atoms with Crippen LogP contribution in [0.15, 0.2) is 18.2 Å². The molecule has 0 saturated heterocycles. The van der Waals surface area contributed by atoms with E-state index in [0.29, 0.717) is 17.2 Å². The highest BCUT2D eigenvalue weighted by Crippen LogP contribution is 2.30. The van der Waals surface area contributed by atoms with Gasteiger partial charge >= 0.3 is 12.0 Å². The number of aromatic nitrogens is 4. The average molecular weight is 522 g/mol. The minimum absolute atomic E-state index is 0.124. The molecule has 0 fully saturated rings. The third-order valence-electron chi connectivity index (χ3n) is 4.85. The number of carbonyl (C=O) groups is 2. The number of aryl methyl sites for hydroxylation is 2. The number of esters is 1. The van der Waals surface area contributed by atoms with Crippen LogP contribution < -0.4 is 15.8 Å². The molecule has 35 heavy (non-hydrogen) atoms. The maximum atomic E-state index is 12.9. The van der Waals surface area contributed by atoms with E-state index in [4.69, 9.17) is 32.9 Å². The number of anilines is 2. The van der Waals surface area contributed by atoms with Gasteiger partial charge in [0.25, 0.3) is 0 Å². The van der Waals surface area contributed by atoms with E-state index in [0.717, 1.165) is 16.6 Å². The summed E-state index contributed by atoms with van der Waals surface area (Å²) >= 11 is 11.9. The van der Waals surface area contributed by atoms with Crippen molar-refractivity contribution >= 4 is 57.7 Å². The molecule has 12 heteroatoms. The minimum Gasteiger partial charge on any atom is -0.459 e. The van der Waals surface area contributed by atoms with Gasteiger partial charge in [0.1, 0.15) is 22.5 Å². The van der Waals surface area contributed by atoms with Crippen LogP contribution in [0.25, 0.3) is 11.0 Å². The number of hydrazine groups is 1. The van der Waals surface area contributed by atoms with Crippen LogP contribution in [0.4, 0.5) is 16.3 Å². The summed E-state index contributed by atoms with van der Waals surface area (Å²) in [6, 6.07) is 4.10. The van der Waals surface area contributed by atoms with Gasteiger partial charge in [0.15, 0.2) is 11.5 Å². The molecule has 0 aliphatic heterocycles. The van der Waals surface area contributed by atoms with Gasteiger partial charge in [0.2, 0.25) is 0 Å². The average Bonchev–Trinajstić information content (AvgIpc) is 2.98. The van der Waals surface area contributed by atoms with Crippen molar-refractivity contribution in [2.24, 2.45) is 7.05 Å². The van der Waals surface area contributed by atoms with E-state index >= 15 is 0 Å². The number of pyridine rings is 2. The predicted octanol–water partition coefficient (Wildman–Crippen LogP) is 4.99. The quantitative estimate of drug-likeness (QED) is 0.266. The lowest BCUT2D eigenvalue weighted by Gasteiger charge is -2.27. The number of amides is 2. The molecule has 0 aliphatic rings. The molecule has 0 saturated carbocycles. The van der Waals surface area contributed by atoms with Crippen LogP contribution in [0, 0.1) is 6.92 Å². The van der Waals surface area contributed by atoms with Crippen LogP contribution in [0.2, 0.25) is 10.3 Å². The molecule has 3 heterocycles. The lowest BCUT2D eigenvalue weighted by Crippen LogP contribution is -2.48. The van der Waals surface area contributed by atoms with E-state index in [1.54, 1.807) is 32.5 Å². The maximum Gasteiger partial charge on any atom is 0.338 e. The summed E-state index contributed by atoms with van der Waals surface area (Å²) in [5.74, 6) is -0.0431. The second kappa shape index (κ2) is 10.2. The van der Waals surface area contributed by atoms with Gasteiger partial charge in [-0.1, -0.05) is 37.0 Å². The predicted molar refractivity (Wildman–Crippen MR) is 137 cm³/mol. The number of halogens is 2. The number of ether oxygens (including phenoxy) is 1. The molecule has 3 aromatic heterocycles. The van der Waals surface area contributed by atoms with E-state index < -0.39 is 17.6 Å². The van der Waals surface area contributed by atoms with Crippen molar-refractivity contribution in [2.75, 3.05) is 16.9 Å². The molecule has 0 unspecified atom stereocenters. The van der Waals surface area contributed by atoms with Crippen molar-refractivity contribution in [2.45, 2.75) is 53.1 Å². The topological polar surface area (TPSA) is 114 Å². The Kier molecular flexibility index (Phi) is 7.76. The molecule has 0 aromatic carbocycles. The summed E-state index contributed by atoms with van der Waals surface area (Å²) in [5, 5.41) is 9.65. The Morgan fingerprint density at radius 3 is 2.34 bits per heavy atom. The van der Waals surface area contributed by atoms with Gasteiger partial charge in [-0.05, 0) is 57.4 Å². The largest absolute Gasteiger partial charge is 0.459 e. The fourth-order valence-electron chi connectivity index (χ4n) is 3.56. The summed E-state index contributed by atoms with van der Waals surface area (Å²) in [5.41, 5.74) is 4.78. The summed E-state index contributed by atoms with van der Waals surface area (Å²) < 4.78 is 7.15. The molecule has 188 valence electrons. The zero-order valence-corrected chi connectivity index (χ0v) is 22.2. The molecule has 3 aromatic rings. The van der Waals surface area contributed by atoms with Crippen LogP contribution >= 0.6 is 23.2 Å². The zero-order valence-electron chi connectivity index (χ0n) is 20.7. The van der Waals surface area contributed by atoms with Crippen molar-refractivity contribution in [1.82, 2.24) is 25.2 Å². The highest BCUT2D eigenvalue weighted by atomic mass is 35.5. The standard InChI is InChI=1S/C23H29Cl2N7O3/c1-12(2)15-10-18(28-21-20(15)13(3)29-31(21)7)32(11-19(33)35-23(4,5)6)30-22(34)26-14-8-16(24)27-17(25)9-14/h8-10,12H,11H2,1-7H3,(H2,26,27,30,34). The highest BCUT2D eigenvalue weighted by Gasteiger charge is 2.24. The van der Waals surface area contributed by atoms with Crippen LogP contribution in [-0.4, -0.2) is 43.9 Å². The summed E-state index contributed by atoms with van der Waals surface area (Å²) in [6.45, 7) is 11.1. The maximum absolute atomic E-state index is 12.9. The molecule has 0 spiro atoms. The minimum atomic E-state index is -0.699. The third kappa shape index (κ3) is 6.73. The smallest absolute Gasteiger partial charge is 0.338 e. The number of nitrogens with one attached hydrogen (secondary N) is 2. The van der Waals surface area contributed by atoms with Gasteiger partial charge in [-0.15, -0.1) is 0 Å². The molecule has 2 amide bonds. The second-order valence-corrected chi connectivity index (χ2v) is 10.1. The Hall–Kier alpha value is -3.11. The molecule has 2 N–H and O–H groups in total. The molecular weight excluding hydrogens is 493 g/mol. The molecule has 0 bridgehead atoms. The van der Waals surface area contributed by atoms with Crippen molar-refractivity contribution in [3.63, 3.8) is 0 Å². The van der Waals surface area contributed by atoms with Crippen LogP contribution in [0.1, 0.15) is 51.8 Å². The Morgan fingerprint density at radius 2 is 1.77 bits per heavy atom. The Balaban J connectivity index is 1.99. The Morgan fingerprint density at radius 1 is 1.14 bits per heavy atom. The summed E-state index contributed by atoms with van der Waals surface area (Å²) in [6.07, 6.45) is 0. The summed E-state index contributed by atoms with van der Waals surface area (Å²) in [4.78, 5) is 34.1. The first kappa shape index (κ1) is 26.5. The second-order valence-electron chi connectivity index (χ2n) is 9.37. The fraction of sp³-hybridized carbons (Fsp3) is 0.435. The van der Waals surface area contributed by atoms with Crippen molar-refractivity contribution < 1.29 is 14.3 Å². The third-order valence-corrected chi connectivity index (χ3v) is 5.24. The first-order valence-electron chi connectivity index (χ1n) is 11.0. The highest BCUT2D eigenvalue weighted by molar-refractivity contribution is 6.33. The number of fused-ring (bicyclic) bond motifs is 1. The number of urea groups is 1. The van der Waals surface area contributed by atoms with Gasteiger partial charge in [0.05, 0.1) is 5.69 Å². The normalized spacial score (nSPS) is 11.6. The number of rotatable bonds is 6. The summed E-state index contributed by atoms with van der Waals surface area (Å²) in [7, 11) is 1.80. The van der Waals surface area contributed by atoms with Gasteiger partial charge in [-0.2, -0.15) is 5.10 Å². The van der Waals surface area contributed by atoms with Gasteiger partial charge in [-0.25, -0.2) is 20.2 Å². The van der Waals surface area contributed by atoms with Gasteiger partial charge in [0, 0.05) is 18.1 Å². The number of hydrogen-bond donors (Lipinski definition) is 2. The number of hydrogen-bond acceptors (Lipinski definition) is 7. The molecule has 0 radical (unpaired) electrons. The SMILES string of the molecule is Cc1nn(C)c2nc(N(CC(=O)OC(C)(C)C)NC(=O)Nc3cc(Cl)nc(Cl)c3)cc(C(C)C)c12. The molecule has 0 atom stereocenters. The van der Waals surface area contributed by atoms with Crippen molar-refractivity contribution in [3.8, 4) is 0 Å². The fourth-order valence-corrected chi connectivity index (χ4v) is 4.02. The van der Waals surface area contributed by atoms with Crippen LogP contribution in [0.5, 0.6) is 0 Å². The Bertz CT molecular complexity index is 1250. The van der Waals surface area contributed by atoms with Crippen molar-refractivity contribution in [3.05, 3.63) is 39.8 Å². The van der Waals surface area contributed by atoms with Crippen LogP contribution in [-0.2, 0) is 16.6 Å². The van der Waals surface area contributed by atoms with E-state index in [9.17, 15) is 9.59 Å². The van der Waals surface area contributed by atoms with Gasteiger partial charge in [-0.3, -0.25) is 14.5 Å². The molecule has 10 nitrogen and oxygen atoms in total.